The lowest BCUT2D eigenvalue weighted by molar-refractivity contribution is 0.0602. The van der Waals surface area contributed by atoms with Crippen LogP contribution in [-0.2, 0) is 0 Å². The highest BCUT2D eigenvalue weighted by atomic mass is 16.5. The van der Waals surface area contributed by atoms with E-state index in [0.29, 0.717) is 30.8 Å². The second kappa shape index (κ2) is 9.92. The van der Waals surface area contributed by atoms with Crippen LogP contribution in [0.25, 0.3) is 0 Å². The number of anilines is 1. The summed E-state index contributed by atoms with van der Waals surface area (Å²) in [5, 5.41) is 3.12. The minimum absolute atomic E-state index is 0.00789. The molecule has 1 unspecified atom stereocenters. The maximum Gasteiger partial charge on any atom is 0.272 e. The van der Waals surface area contributed by atoms with Crippen LogP contribution in [0.1, 0.15) is 43.1 Å². The summed E-state index contributed by atoms with van der Waals surface area (Å²) in [5.41, 5.74) is 0.439. The van der Waals surface area contributed by atoms with Crippen LogP contribution in [0, 0.1) is 0 Å². The highest BCUT2D eigenvalue weighted by Gasteiger charge is 2.27. The van der Waals surface area contributed by atoms with E-state index in [0.717, 1.165) is 37.3 Å². The number of amides is 1. The molecule has 1 saturated heterocycles. The molecule has 150 valence electrons. The molecule has 2 heterocycles. The van der Waals surface area contributed by atoms with Gasteiger partial charge >= 0.3 is 0 Å². The number of nitrogens with one attached hydrogen (secondary N) is 1. The summed E-state index contributed by atoms with van der Waals surface area (Å²) in [6, 6.07) is 9.42. The first-order chi connectivity index (χ1) is 13.7. The average Bonchev–Trinajstić information content (AvgIpc) is 2.76. The fourth-order valence-corrected chi connectivity index (χ4v) is 3.41. The van der Waals surface area contributed by atoms with E-state index < -0.39 is 0 Å². The lowest BCUT2D eigenvalue weighted by Crippen LogP contribution is -2.43. The van der Waals surface area contributed by atoms with Gasteiger partial charge in [-0.15, -0.1) is 0 Å². The Hall–Kier alpha value is -2.83. The quantitative estimate of drug-likeness (QED) is 0.703. The summed E-state index contributed by atoms with van der Waals surface area (Å²) < 4.78 is 10.8. The molecule has 1 atom stereocenters. The van der Waals surface area contributed by atoms with Crippen LogP contribution in [0.3, 0.4) is 0 Å². The zero-order chi connectivity index (χ0) is 19.8. The van der Waals surface area contributed by atoms with Crippen molar-refractivity contribution in [2.45, 2.75) is 38.6 Å². The molecule has 1 N–H and O–H groups in total. The summed E-state index contributed by atoms with van der Waals surface area (Å²) in [6.45, 7) is 3.93. The smallest absolute Gasteiger partial charge is 0.272 e. The number of aromatic nitrogens is 2. The van der Waals surface area contributed by atoms with Crippen molar-refractivity contribution < 1.29 is 14.3 Å². The molecule has 1 fully saturated rings. The van der Waals surface area contributed by atoms with Gasteiger partial charge in [0.2, 0.25) is 5.95 Å². The van der Waals surface area contributed by atoms with Gasteiger partial charge in [-0.05, 0) is 56.0 Å². The molecule has 2 aromatic rings. The Kier molecular flexibility index (Phi) is 7.06. The van der Waals surface area contributed by atoms with Crippen LogP contribution >= 0.6 is 0 Å². The molecule has 1 aromatic heterocycles. The van der Waals surface area contributed by atoms with Crippen LogP contribution < -0.4 is 14.8 Å². The van der Waals surface area contributed by atoms with Gasteiger partial charge in [0.25, 0.3) is 5.91 Å². The number of carbonyl (C=O) groups excluding carboxylic acids is 1. The number of carbonyl (C=O) groups is 1. The molecule has 1 aliphatic rings. The van der Waals surface area contributed by atoms with Crippen molar-refractivity contribution in [2.24, 2.45) is 0 Å². The van der Waals surface area contributed by atoms with Crippen molar-refractivity contribution in [3.8, 4) is 11.5 Å². The first kappa shape index (κ1) is 19.9. The molecule has 0 aliphatic carbocycles. The molecule has 0 saturated carbocycles. The monoisotopic (exact) mass is 384 g/mol. The minimum atomic E-state index is -0.00789. The zero-order valence-electron chi connectivity index (χ0n) is 16.6. The van der Waals surface area contributed by atoms with Crippen LogP contribution in [0.15, 0.2) is 36.5 Å². The topological polar surface area (TPSA) is 76.6 Å². The Bertz CT molecular complexity index is 767. The molecular formula is C21H28N4O3. The normalized spacial score (nSPS) is 16.5. The van der Waals surface area contributed by atoms with Gasteiger partial charge < -0.3 is 19.7 Å². The molecule has 7 nitrogen and oxygen atoms in total. The number of methoxy groups -OCH3 is 1. The van der Waals surface area contributed by atoms with E-state index >= 15 is 0 Å². The number of nitrogens with zero attached hydrogens (tertiary/aromatic N) is 3. The van der Waals surface area contributed by atoms with Gasteiger partial charge in [0.05, 0.1) is 13.7 Å². The number of ether oxygens (including phenoxy) is 2. The van der Waals surface area contributed by atoms with Crippen molar-refractivity contribution in [3.05, 3.63) is 42.2 Å². The van der Waals surface area contributed by atoms with Crippen LogP contribution in [0.2, 0.25) is 0 Å². The second-order valence-corrected chi connectivity index (χ2v) is 6.77. The lowest BCUT2D eigenvalue weighted by Gasteiger charge is -2.35. The molecule has 1 aliphatic heterocycles. The number of piperidine rings is 1. The van der Waals surface area contributed by atoms with E-state index in [1.807, 2.05) is 29.2 Å². The number of benzene rings is 1. The van der Waals surface area contributed by atoms with E-state index in [2.05, 4.69) is 22.2 Å². The Morgan fingerprint density at radius 2 is 2.00 bits per heavy atom. The van der Waals surface area contributed by atoms with Gasteiger partial charge in [-0.1, -0.05) is 6.92 Å². The standard InChI is InChI=1S/C21H28N4O3/c1-3-16-6-4-5-14-25(16)20(26)19-11-12-22-21(24-19)23-13-15-28-18-9-7-17(27-2)8-10-18/h7-12,16H,3-6,13-15H2,1-2H3,(H,22,23,24). The second-order valence-electron chi connectivity index (χ2n) is 6.77. The van der Waals surface area contributed by atoms with Gasteiger partial charge in [-0.3, -0.25) is 4.79 Å². The highest BCUT2D eigenvalue weighted by molar-refractivity contribution is 5.92. The summed E-state index contributed by atoms with van der Waals surface area (Å²) >= 11 is 0. The van der Waals surface area contributed by atoms with Gasteiger partial charge in [0.15, 0.2) is 0 Å². The molecule has 0 spiro atoms. The van der Waals surface area contributed by atoms with E-state index in [1.54, 1.807) is 19.4 Å². The Morgan fingerprint density at radius 3 is 2.75 bits per heavy atom. The molecule has 1 aromatic carbocycles. The van der Waals surface area contributed by atoms with Crippen molar-refractivity contribution in [1.29, 1.82) is 0 Å². The van der Waals surface area contributed by atoms with E-state index in [1.165, 1.54) is 6.42 Å². The van der Waals surface area contributed by atoms with Gasteiger partial charge in [-0.2, -0.15) is 0 Å². The lowest BCUT2D eigenvalue weighted by atomic mass is 9.99. The van der Waals surface area contributed by atoms with Crippen LogP contribution in [0.4, 0.5) is 5.95 Å². The summed E-state index contributed by atoms with van der Waals surface area (Å²) in [4.78, 5) is 23.4. The Morgan fingerprint density at radius 1 is 1.21 bits per heavy atom. The molecule has 3 rings (SSSR count). The predicted octanol–water partition coefficient (Wildman–Crippen LogP) is 3.38. The summed E-state index contributed by atoms with van der Waals surface area (Å²) in [6.07, 6.45) is 5.91. The van der Waals surface area contributed by atoms with E-state index in [9.17, 15) is 4.79 Å². The number of likely N-dealkylation sites (tertiary alicyclic amines) is 1. The van der Waals surface area contributed by atoms with Crippen LogP contribution in [-0.4, -0.2) is 53.6 Å². The predicted molar refractivity (Wildman–Crippen MR) is 108 cm³/mol. The number of hydrogen-bond donors (Lipinski definition) is 1. The van der Waals surface area contributed by atoms with Crippen LogP contribution in [0.5, 0.6) is 11.5 Å². The fraction of sp³-hybridized carbons (Fsp3) is 0.476. The maximum absolute atomic E-state index is 12.9. The first-order valence-corrected chi connectivity index (χ1v) is 9.86. The fourth-order valence-electron chi connectivity index (χ4n) is 3.41. The third-order valence-corrected chi connectivity index (χ3v) is 4.95. The molecule has 0 radical (unpaired) electrons. The SMILES string of the molecule is CCC1CCCCN1C(=O)c1ccnc(NCCOc2ccc(OC)cc2)n1. The Balaban J connectivity index is 1.52. The van der Waals surface area contributed by atoms with Gasteiger partial charge in [-0.25, -0.2) is 9.97 Å². The summed E-state index contributed by atoms with van der Waals surface area (Å²) in [5.74, 6) is 1.99. The van der Waals surface area contributed by atoms with Crippen molar-refractivity contribution in [3.63, 3.8) is 0 Å². The highest BCUT2D eigenvalue weighted by Crippen LogP contribution is 2.21. The number of rotatable bonds is 8. The number of hydrogen-bond acceptors (Lipinski definition) is 6. The Labute approximate surface area is 166 Å². The maximum atomic E-state index is 12.9. The van der Waals surface area contributed by atoms with Crippen molar-refractivity contribution in [1.82, 2.24) is 14.9 Å². The van der Waals surface area contributed by atoms with Crippen molar-refractivity contribution in [2.75, 3.05) is 32.1 Å². The third kappa shape index (κ3) is 5.12. The molecule has 7 heteroatoms. The van der Waals surface area contributed by atoms with Crippen molar-refractivity contribution >= 4 is 11.9 Å². The first-order valence-electron chi connectivity index (χ1n) is 9.86. The largest absolute Gasteiger partial charge is 0.497 e. The molecule has 28 heavy (non-hydrogen) atoms. The zero-order valence-corrected chi connectivity index (χ0v) is 16.6. The molecular weight excluding hydrogens is 356 g/mol. The average molecular weight is 384 g/mol. The van der Waals surface area contributed by atoms with Gasteiger partial charge in [0, 0.05) is 18.8 Å². The minimum Gasteiger partial charge on any atom is -0.497 e. The van der Waals surface area contributed by atoms with Gasteiger partial charge in [0.1, 0.15) is 23.8 Å². The van der Waals surface area contributed by atoms with E-state index in [-0.39, 0.29) is 5.91 Å². The summed E-state index contributed by atoms with van der Waals surface area (Å²) in [7, 11) is 1.63. The third-order valence-electron chi connectivity index (χ3n) is 4.95. The molecule has 1 amide bonds. The van der Waals surface area contributed by atoms with E-state index in [4.69, 9.17) is 9.47 Å². The molecule has 0 bridgehead atoms.